The third-order valence-corrected chi connectivity index (χ3v) is 4.62. The Morgan fingerprint density at radius 3 is 2.03 bits per heavy atom. The summed E-state index contributed by atoms with van der Waals surface area (Å²) in [4.78, 5) is 35.7. The van der Waals surface area contributed by atoms with E-state index in [9.17, 15) is 19.5 Å². The third-order valence-electron chi connectivity index (χ3n) is 4.62. The molecule has 0 aliphatic carbocycles. The van der Waals surface area contributed by atoms with Crippen LogP contribution in [-0.4, -0.2) is 29.0 Å². The van der Waals surface area contributed by atoms with Crippen molar-refractivity contribution >= 4 is 17.8 Å². The molecule has 0 saturated heterocycles. The molecule has 0 heterocycles. The van der Waals surface area contributed by atoms with Gasteiger partial charge >= 0.3 is 12.1 Å². The predicted octanol–water partition coefficient (Wildman–Crippen LogP) is 4.82. The maximum Gasteiger partial charge on any atom is 0.408 e. The summed E-state index contributed by atoms with van der Waals surface area (Å²) < 4.78 is 10.8. The van der Waals surface area contributed by atoms with E-state index in [4.69, 9.17) is 9.47 Å². The molecule has 1 unspecified atom stereocenters. The van der Waals surface area contributed by atoms with E-state index in [2.05, 4.69) is 5.32 Å². The van der Waals surface area contributed by atoms with Gasteiger partial charge in [-0.2, -0.15) is 0 Å². The van der Waals surface area contributed by atoms with Crippen LogP contribution in [0.3, 0.4) is 0 Å². The van der Waals surface area contributed by atoms with Gasteiger partial charge in [-0.1, -0.05) is 60.7 Å². The summed E-state index contributed by atoms with van der Waals surface area (Å²) in [7, 11) is 0. The van der Waals surface area contributed by atoms with Crippen LogP contribution in [0.4, 0.5) is 4.79 Å². The quantitative estimate of drug-likeness (QED) is 0.445. The van der Waals surface area contributed by atoms with Crippen LogP contribution in [-0.2, 0) is 16.1 Å². The molecule has 0 bridgehead atoms. The maximum absolute atomic E-state index is 12.2. The van der Waals surface area contributed by atoms with E-state index >= 15 is 0 Å². The summed E-state index contributed by atoms with van der Waals surface area (Å²) in [5, 5.41) is 11.6. The van der Waals surface area contributed by atoms with E-state index < -0.39 is 18.1 Å². The highest BCUT2D eigenvalue weighted by molar-refractivity contribution is 5.96. The average Bonchev–Trinajstić information content (AvgIpc) is 2.82. The van der Waals surface area contributed by atoms with E-state index in [0.29, 0.717) is 22.6 Å². The number of benzene rings is 3. The first-order valence-electron chi connectivity index (χ1n) is 10.1. The first-order valence-corrected chi connectivity index (χ1v) is 10.1. The zero-order valence-corrected chi connectivity index (χ0v) is 17.3. The zero-order valence-electron chi connectivity index (χ0n) is 17.3. The number of amides is 1. The molecular weight excluding hydrogens is 410 g/mol. The Bertz CT molecular complexity index is 1040. The number of nitrogens with one attached hydrogen (secondary N) is 1. The molecule has 7 nitrogen and oxygen atoms in total. The lowest BCUT2D eigenvalue weighted by molar-refractivity contribution is -0.139. The Labute approximate surface area is 185 Å². The summed E-state index contributed by atoms with van der Waals surface area (Å²) >= 11 is 0. The van der Waals surface area contributed by atoms with Gasteiger partial charge in [-0.15, -0.1) is 0 Å². The number of rotatable bonds is 10. The van der Waals surface area contributed by atoms with Gasteiger partial charge in [0.05, 0.1) is 0 Å². The summed E-state index contributed by atoms with van der Waals surface area (Å²) in [6.45, 7) is -0.0350. The number of hydrogen-bond donors (Lipinski definition) is 2. The summed E-state index contributed by atoms with van der Waals surface area (Å²) in [5.74, 6) is -0.0742. The molecule has 0 aliphatic heterocycles. The van der Waals surface area contributed by atoms with Crippen molar-refractivity contribution in [2.75, 3.05) is 0 Å². The highest BCUT2D eigenvalue weighted by Gasteiger charge is 2.22. The normalized spacial score (nSPS) is 11.2. The Kier molecular flexibility index (Phi) is 7.97. The standard InChI is InChI=1S/C25H23NO6/c27-23(19-7-3-1-4-8-19)16-15-22(24(28)29)26-25(30)31-17-18-11-13-21(14-12-18)32-20-9-5-2-6-10-20/h1-14,22H,15-17H2,(H,26,30)(H,28,29). The zero-order chi connectivity index (χ0) is 22.8. The third kappa shape index (κ3) is 6.98. The van der Waals surface area contributed by atoms with Crippen LogP contribution >= 0.6 is 0 Å². The lowest BCUT2D eigenvalue weighted by atomic mass is 10.0. The second kappa shape index (κ2) is 11.3. The number of carbonyl (C=O) groups is 3. The minimum absolute atomic E-state index is 0.00979. The molecule has 0 aromatic heterocycles. The Morgan fingerprint density at radius 2 is 1.41 bits per heavy atom. The van der Waals surface area contributed by atoms with Crippen molar-refractivity contribution in [2.45, 2.75) is 25.5 Å². The molecule has 3 rings (SSSR count). The highest BCUT2D eigenvalue weighted by atomic mass is 16.5. The summed E-state index contributed by atoms with van der Waals surface area (Å²) in [5.41, 5.74) is 1.21. The number of hydrogen-bond acceptors (Lipinski definition) is 5. The minimum atomic E-state index is -1.23. The van der Waals surface area contributed by atoms with Crippen molar-refractivity contribution in [1.82, 2.24) is 5.32 Å². The van der Waals surface area contributed by atoms with Gasteiger partial charge in [-0.3, -0.25) is 4.79 Å². The minimum Gasteiger partial charge on any atom is -0.480 e. The number of Topliss-reactive ketones (excluding diaryl/α,β-unsaturated/α-hetero) is 1. The average molecular weight is 433 g/mol. The number of alkyl carbamates (subject to hydrolysis) is 1. The first kappa shape index (κ1) is 22.6. The Balaban J connectivity index is 1.45. The van der Waals surface area contributed by atoms with Gasteiger partial charge in [-0.25, -0.2) is 9.59 Å². The van der Waals surface area contributed by atoms with Crippen molar-refractivity contribution in [3.8, 4) is 11.5 Å². The molecule has 164 valence electrons. The largest absolute Gasteiger partial charge is 0.480 e. The van der Waals surface area contributed by atoms with Crippen molar-refractivity contribution in [1.29, 1.82) is 0 Å². The predicted molar refractivity (Wildman–Crippen MR) is 118 cm³/mol. The maximum atomic E-state index is 12.2. The molecule has 1 amide bonds. The molecule has 2 N–H and O–H groups in total. The van der Waals surface area contributed by atoms with Crippen LogP contribution in [0.1, 0.15) is 28.8 Å². The lowest BCUT2D eigenvalue weighted by Crippen LogP contribution is -2.41. The second-order valence-corrected chi connectivity index (χ2v) is 7.00. The number of ketones is 1. The van der Waals surface area contributed by atoms with Gasteiger partial charge in [0.1, 0.15) is 24.1 Å². The fourth-order valence-corrected chi connectivity index (χ4v) is 2.91. The van der Waals surface area contributed by atoms with Crippen molar-refractivity contribution in [3.05, 3.63) is 96.1 Å². The van der Waals surface area contributed by atoms with Crippen LogP contribution in [0.15, 0.2) is 84.9 Å². The molecule has 0 radical (unpaired) electrons. The molecule has 0 spiro atoms. The highest BCUT2D eigenvalue weighted by Crippen LogP contribution is 2.21. The Hall–Kier alpha value is -4.13. The number of carbonyl (C=O) groups excluding carboxylic acids is 2. The lowest BCUT2D eigenvalue weighted by Gasteiger charge is -2.14. The summed E-state index contributed by atoms with van der Waals surface area (Å²) in [6, 6.07) is 23.7. The van der Waals surface area contributed by atoms with Gasteiger partial charge in [0, 0.05) is 12.0 Å². The van der Waals surface area contributed by atoms with E-state index in [1.165, 1.54) is 0 Å². The molecule has 1 atom stereocenters. The fourth-order valence-electron chi connectivity index (χ4n) is 2.91. The molecule has 0 fully saturated rings. The van der Waals surface area contributed by atoms with Gasteiger partial charge in [-0.05, 0) is 36.2 Å². The van der Waals surface area contributed by atoms with Gasteiger partial charge in [0.25, 0.3) is 0 Å². The van der Waals surface area contributed by atoms with E-state index in [1.54, 1.807) is 54.6 Å². The van der Waals surface area contributed by atoms with Gasteiger partial charge < -0.3 is 19.9 Å². The first-order chi connectivity index (χ1) is 15.5. The van der Waals surface area contributed by atoms with E-state index in [1.807, 2.05) is 30.3 Å². The van der Waals surface area contributed by atoms with E-state index in [-0.39, 0.29) is 25.2 Å². The molecule has 7 heteroatoms. The molecule has 32 heavy (non-hydrogen) atoms. The fraction of sp³-hybridized carbons (Fsp3) is 0.160. The van der Waals surface area contributed by atoms with Gasteiger partial charge in [0.2, 0.25) is 0 Å². The van der Waals surface area contributed by atoms with Crippen LogP contribution in [0.2, 0.25) is 0 Å². The number of carboxylic acid groups (broad SMARTS) is 1. The molecular formula is C25H23NO6. The van der Waals surface area contributed by atoms with Crippen LogP contribution < -0.4 is 10.1 Å². The summed E-state index contributed by atoms with van der Waals surface area (Å²) in [6.07, 6.45) is -0.914. The van der Waals surface area contributed by atoms with Crippen molar-refractivity contribution in [2.24, 2.45) is 0 Å². The van der Waals surface area contributed by atoms with Gasteiger partial charge in [0.15, 0.2) is 5.78 Å². The number of carboxylic acids is 1. The van der Waals surface area contributed by atoms with Crippen molar-refractivity contribution < 1.29 is 29.0 Å². The van der Waals surface area contributed by atoms with Crippen molar-refractivity contribution in [3.63, 3.8) is 0 Å². The molecule has 3 aromatic rings. The second-order valence-electron chi connectivity index (χ2n) is 7.00. The number of para-hydroxylation sites is 1. The SMILES string of the molecule is O=C(NC(CCC(=O)c1ccccc1)C(=O)O)OCc1ccc(Oc2ccccc2)cc1. The molecule has 0 saturated carbocycles. The molecule has 0 aliphatic rings. The van der Waals surface area contributed by atoms with Crippen LogP contribution in [0, 0.1) is 0 Å². The van der Waals surface area contributed by atoms with Crippen LogP contribution in [0.5, 0.6) is 11.5 Å². The number of aliphatic carboxylic acids is 1. The van der Waals surface area contributed by atoms with E-state index in [0.717, 1.165) is 0 Å². The number of ether oxygens (including phenoxy) is 2. The smallest absolute Gasteiger partial charge is 0.408 e. The Morgan fingerprint density at radius 1 is 0.812 bits per heavy atom. The topological polar surface area (TPSA) is 102 Å². The molecule has 3 aromatic carbocycles. The monoisotopic (exact) mass is 433 g/mol. The van der Waals surface area contributed by atoms with Crippen LogP contribution in [0.25, 0.3) is 0 Å².